The smallest absolute Gasteiger partial charge is 0.346 e. The lowest BCUT2D eigenvalue weighted by Gasteiger charge is -2.25. The van der Waals surface area contributed by atoms with Gasteiger partial charge < -0.3 is 5.32 Å². The highest BCUT2D eigenvalue weighted by Gasteiger charge is 2.68. The minimum atomic E-state index is -5.18. The Morgan fingerprint density at radius 1 is 0.971 bits per heavy atom. The number of nitrogens with zero attached hydrogens (tertiary/aromatic N) is 5. The maximum absolute atomic E-state index is 15.6. The van der Waals surface area contributed by atoms with Crippen LogP contribution >= 0.6 is 11.6 Å². The number of hydrogen-bond acceptors (Lipinski definition) is 8. The number of rotatable bonds is 12. The molecule has 368 valence electrons. The molecule has 0 spiro atoms. The first-order valence-electron chi connectivity index (χ1n) is 21.3. The van der Waals surface area contributed by atoms with Crippen molar-refractivity contribution < 1.29 is 65.5 Å². The molecular weight excluding hydrogens is 996 g/mol. The van der Waals surface area contributed by atoms with E-state index in [0.717, 1.165) is 18.4 Å². The van der Waals surface area contributed by atoms with Gasteiger partial charge >= 0.3 is 12.4 Å². The average molecular weight is 1030 g/mol. The van der Waals surface area contributed by atoms with Gasteiger partial charge in [-0.05, 0) is 106 Å². The van der Waals surface area contributed by atoms with Crippen LogP contribution in [0.25, 0.3) is 22.0 Å². The van der Waals surface area contributed by atoms with Gasteiger partial charge in [0.05, 0.1) is 39.2 Å². The standard InChI is InChI=1S/C44H38ClF10N7O5S2/c1-41(2,69(66,67)23-7-8-23)12-11-30-24-5-4-6-25(24)33(26-9-10-29(45)35-37(26)62(19-42(48,49)50)59-40(35)60-68(3,64)65)36(57-30)31(15-20-13-21(46)16-22(47)14-20)56-32(63)18-61-39-34(38(58-61)44(53,54)55)27-17-28(27)43(39,51)52/h9-10,13-14,16,23,27-28,31H,4-8,15,17-19H2,1-3H3,(H,56,63)(H,59,60)/t27-,28+,31-/m0/s1. The molecule has 0 aliphatic heterocycles. The molecule has 12 nitrogen and oxygen atoms in total. The third-order valence-corrected chi connectivity index (χ3v) is 16.4. The number of halogens is 11. The number of amides is 1. The van der Waals surface area contributed by atoms with E-state index in [1.165, 1.54) is 26.0 Å². The lowest BCUT2D eigenvalue weighted by atomic mass is 9.88. The number of benzene rings is 2. The van der Waals surface area contributed by atoms with Crippen LogP contribution in [-0.4, -0.2) is 69.7 Å². The molecule has 3 atom stereocenters. The molecule has 5 aromatic rings. The van der Waals surface area contributed by atoms with Crippen molar-refractivity contribution in [3.63, 3.8) is 0 Å². The molecule has 3 heterocycles. The highest BCUT2D eigenvalue weighted by atomic mass is 35.5. The quantitative estimate of drug-likeness (QED) is 0.0929. The van der Waals surface area contributed by atoms with Gasteiger partial charge in [-0.15, -0.1) is 0 Å². The van der Waals surface area contributed by atoms with Gasteiger partial charge in [-0.3, -0.25) is 18.9 Å². The van der Waals surface area contributed by atoms with E-state index >= 15 is 8.78 Å². The fourth-order valence-corrected chi connectivity index (χ4v) is 12.1. The molecule has 0 saturated heterocycles. The summed E-state index contributed by atoms with van der Waals surface area (Å²) < 4.78 is 200. The van der Waals surface area contributed by atoms with Gasteiger partial charge in [-0.1, -0.05) is 23.6 Å². The Morgan fingerprint density at radius 3 is 2.26 bits per heavy atom. The second-order valence-corrected chi connectivity index (χ2v) is 23.2. The van der Waals surface area contributed by atoms with Crippen molar-refractivity contribution in [2.24, 2.45) is 5.92 Å². The normalized spacial score (nSPS) is 19.2. The van der Waals surface area contributed by atoms with E-state index in [4.69, 9.17) is 16.6 Å². The van der Waals surface area contributed by atoms with Crippen molar-refractivity contribution in [3.05, 3.63) is 92.0 Å². The van der Waals surface area contributed by atoms with Gasteiger partial charge in [-0.25, -0.2) is 30.6 Å². The molecule has 2 N–H and O–H groups in total. The summed E-state index contributed by atoms with van der Waals surface area (Å²) in [7, 11) is -8.05. The van der Waals surface area contributed by atoms with Crippen LogP contribution in [0.5, 0.6) is 0 Å². The Morgan fingerprint density at radius 2 is 1.64 bits per heavy atom. The molecule has 4 aliphatic rings. The molecule has 3 aromatic heterocycles. The predicted molar refractivity (Wildman–Crippen MR) is 230 cm³/mol. The number of sulfone groups is 1. The number of nitrogens with one attached hydrogen (secondary N) is 2. The maximum Gasteiger partial charge on any atom is 0.435 e. The number of pyridine rings is 1. The number of alkyl halides is 8. The Balaban J connectivity index is 1.29. The van der Waals surface area contributed by atoms with E-state index in [0.29, 0.717) is 41.1 Å². The van der Waals surface area contributed by atoms with E-state index in [1.54, 1.807) is 0 Å². The minimum Gasteiger partial charge on any atom is -0.346 e. The van der Waals surface area contributed by atoms with E-state index in [-0.39, 0.29) is 62.4 Å². The number of hydrogen-bond donors (Lipinski definition) is 2. The van der Waals surface area contributed by atoms with E-state index in [1.807, 2.05) is 0 Å². The van der Waals surface area contributed by atoms with Gasteiger partial charge in [0.1, 0.15) is 40.9 Å². The van der Waals surface area contributed by atoms with Gasteiger partial charge in [0.2, 0.25) is 15.9 Å². The van der Waals surface area contributed by atoms with Gasteiger partial charge in [0.15, 0.2) is 21.3 Å². The van der Waals surface area contributed by atoms with Gasteiger partial charge in [-0.2, -0.15) is 45.3 Å². The van der Waals surface area contributed by atoms with E-state index in [9.17, 15) is 56.8 Å². The van der Waals surface area contributed by atoms with Gasteiger partial charge in [0, 0.05) is 28.7 Å². The highest BCUT2D eigenvalue weighted by molar-refractivity contribution is 7.93. The van der Waals surface area contributed by atoms with Crippen molar-refractivity contribution in [3.8, 4) is 23.0 Å². The fraction of sp³-hybridized carbons (Fsp3) is 0.455. The maximum atomic E-state index is 15.6. The third kappa shape index (κ3) is 9.02. The van der Waals surface area contributed by atoms with Crippen LogP contribution in [0.2, 0.25) is 5.02 Å². The van der Waals surface area contributed by atoms with Crippen molar-refractivity contribution in [1.29, 1.82) is 0 Å². The third-order valence-electron chi connectivity index (χ3n) is 12.7. The summed E-state index contributed by atoms with van der Waals surface area (Å²) in [4.78, 5) is 19.1. The Bertz CT molecular complexity index is 3280. The number of sulfonamides is 1. The van der Waals surface area contributed by atoms with Crippen LogP contribution < -0.4 is 10.0 Å². The summed E-state index contributed by atoms with van der Waals surface area (Å²) in [5.41, 5.74) is -3.74. The summed E-state index contributed by atoms with van der Waals surface area (Å²) >= 11 is 6.60. The van der Waals surface area contributed by atoms with Crippen molar-refractivity contribution >= 4 is 54.1 Å². The molecule has 2 aromatic carbocycles. The largest absolute Gasteiger partial charge is 0.435 e. The molecule has 1 amide bonds. The van der Waals surface area contributed by atoms with E-state index in [2.05, 4.69) is 32.1 Å². The van der Waals surface area contributed by atoms with Crippen molar-refractivity contribution in [2.75, 3.05) is 11.0 Å². The molecule has 25 heteroatoms. The zero-order valence-corrected chi connectivity index (χ0v) is 38.7. The van der Waals surface area contributed by atoms with E-state index < -0.39 is 131 Å². The topological polar surface area (TPSA) is 158 Å². The van der Waals surface area contributed by atoms with Crippen LogP contribution in [0.15, 0.2) is 30.3 Å². The van der Waals surface area contributed by atoms with Crippen LogP contribution in [0.1, 0.15) is 96.5 Å². The molecule has 0 radical (unpaired) electrons. The number of aromatic nitrogens is 5. The zero-order valence-electron chi connectivity index (χ0n) is 36.3. The SMILES string of the molecule is CC(C)(C#Cc1nc([C@H](Cc2cc(F)cc(F)c2)NC(=O)Cn2nc(C(F)(F)F)c3c2C(F)(F)[C@@H]2C[C@H]32)c(-c2ccc(Cl)c3c(NS(C)(=O)=O)nn(CC(F)(F)F)c23)c2c1CCC2)S(=O)(=O)C1CC1. The Labute approximate surface area is 392 Å². The molecule has 2 fully saturated rings. The Kier molecular flexibility index (Phi) is 11.5. The summed E-state index contributed by atoms with van der Waals surface area (Å²) in [6.07, 6.45) is -8.73. The number of carbonyl (C=O) groups is 1. The molecule has 0 bridgehead atoms. The minimum absolute atomic E-state index is 0.0260. The highest BCUT2D eigenvalue weighted by Crippen LogP contribution is 2.68. The summed E-state index contributed by atoms with van der Waals surface area (Å²) in [5, 5.41) is 8.73. The van der Waals surface area contributed by atoms with Gasteiger partial charge in [0.25, 0.3) is 5.92 Å². The first-order chi connectivity index (χ1) is 31.9. The van der Waals surface area contributed by atoms with Crippen LogP contribution in [0.4, 0.5) is 49.7 Å². The Hall–Kier alpha value is -5.41. The molecule has 4 aliphatic carbocycles. The van der Waals surface area contributed by atoms with Crippen LogP contribution in [0.3, 0.4) is 0 Å². The lowest BCUT2D eigenvalue weighted by molar-refractivity contribution is -0.142. The second-order valence-electron chi connectivity index (χ2n) is 18.3. The number of fused-ring (bicyclic) bond motifs is 5. The number of carbonyl (C=O) groups excluding carboxylic acids is 1. The van der Waals surface area contributed by atoms with Crippen molar-refractivity contribution in [1.82, 2.24) is 29.9 Å². The molecule has 69 heavy (non-hydrogen) atoms. The monoisotopic (exact) mass is 1030 g/mol. The molecule has 9 rings (SSSR count). The fourth-order valence-electron chi connectivity index (χ4n) is 9.57. The lowest BCUT2D eigenvalue weighted by Crippen LogP contribution is -2.35. The average Bonchev–Trinajstić information content (AvgIpc) is 4.08. The summed E-state index contributed by atoms with van der Waals surface area (Å²) in [5.74, 6) is -4.78. The first kappa shape index (κ1) is 48.6. The summed E-state index contributed by atoms with van der Waals surface area (Å²) in [6.45, 7) is -0.263. The molecule has 0 unspecified atom stereocenters. The second kappa shape index (κ2) is 16.3. The number of anilines is 1. The van der Waals surface area contributed by atoms with Crippen molar-refractivity contribution in [2.45, 2.75) is 112 Å². The molecule has 2 saturated carbocycles. The predicted octanol–water partition coefficient (Wildman–Crippen LogP) is 8.68. The molecular formula is C44H38ClF10N7O5S2. The first-order valence-corrected chi connectivity index (χ1v) is 25.1. The van der Waals surface area contributed by atoms with Crippen LogP contribution in [-0.2, 0) is 69.1 Å². The van der Waals surface area contributed by atoms with Crippen LogP contribution in [0, 0.1) is 29.4 Å². The zero-order chi connectivity index (χ0) is 50.1. The summed E-state index contributed by atoms with van der Waals surface area (Å²) in [6, 6.07) is 3.13.